The minimum Gasteiger partial charge on any atom is -0.493 e. The molecule has 2 heterocycles. The number of allylic oxidation sites excluding steroid dienone is 1. The molecule has 0 radical (unpaired) electrons. The molecule has 0 bridgehead atoms. The lowest BCUT2D eigenvalue weighted by Gasteiger charge is -2.25. The molecule has 1 aromatic heterocycles. The standard InChI is InChI=1S/C34H32ClFN2O6S/c1-6-42-33(40)30-20(4)37-34-38(31(30)21-11-13-27(44-19(2)3)28(16-21)41-5)32(39)29(45-34)17-23-15-24(35)12-14-26(23)43-18-22-9-7-8-10-25(22)36/h7-17,19,31H,6,18H2,1-5H3/b29-17+/t31-/m1/s1. The first kappa shape index (κ1) is 32.0. The number of fused-ring (bicyclic) bond motifs is 1. The maximum Gasteiger partial charge on any atom is 0.338 e. The van der Waals surface area contributed by atoms with Crippen molar-refractivity contribution in [3.8, 4) is 17.2 Å². The van der Waals surface area contributed by atoms with Crippen LogP contribution < -0.4 is 29.1 Å². The summed E-state index contributed by atoms with van der Waals surface area (Å²) in [7, 11) is 1.53. The topological polar surface area (TPSA) is 88.4 Å². The Bertz CT molecular complexity index is 1970. The SMILES string of the molecule is CCOC(=O)C1=C(C)N=c2s/c(=C/c3cc(Cl)ccc3OCc3ccccc3F)c(=O)n2[C@@H]1c1ccc(OC(C)C)c(OC)c1. The number of esters is 1. The predicted octanol–water partition coefficient (Wildman–Crippen LogP) is 5.97. The van der Waals surface area contributed by atoms with Crippen LogP contribution in [0.3, 0.4) is 0 Å². The van der Waals surface area contributed by atoms with E-state index in [2.05, 4.69) is 4.99 Å². The monoisotopic (exact) mass is 650 g/mol. The van der Waals surface area contributed by atoms with Crippen molar-refractivity contribution in [1.82, 2.24) is 4.57 Å². The normalized spacial score (nSPS) is 14.7. The fraction of sp³-hybridized carbons (Fsp3) is 0.265. The van der Waals surface area contributed by atoms with E-state index < -0.39 is 12.0 Å². The van der Waals surface area contributed by atoms with Gasteiger partial charge in [-0.15, -0.1) is 0 Å². The van der Waals surface area contributed by atoms with Crippen molar-refractivity contribution in [3.63, 3.8) is 0 Å². The van der Waals surface area contributed by atoms with Gasteiger partial charge in [-0.1, -0.05) is 47.2 Å². The number of rotatable bonds is 10. The van der Waals surface area contributed by atoms with Crippen molar-refractivity contribution < 1.29 is 28.1 Å². The second-order valence-electron chi connectivity index (χ2n) is 10.4. The molecule has 1 aliphatic heterocycles. The minimum absolute atomic E-state index is 0.0170. The van der Waals surface area contributed by atoms with Gasteiger partial charge in [0.05, 0.1) is 41.7 Å². The smallest absolute Gasteiger partial charge is 0.338 e. The van der Waals surface area contributed by atoms with Gasteiger partial charge in [0.15, 0.2) is 16.3 Å². The molecule has 8 nitrogen and oxygen atoms in total. The molecule has 234 valence electrons. The summed E-state index contributed by atoms with van der Waals surface area (Å²) in [5.41, 5.74) is 1.83. The number of hydrogen-bond acceptors (Lipinski definition) is 8. The molecule has 0 amide bonds. The number of ether oxygens (including phenoxy) is 4. The van der Waals surface area contributed by atoms with Gasteiger partial charge in [-0.2, -0.15) is 0 Å². The summed E-state index contributed by atoms with van der Waals surface area (Å²) in [6.45, 7) is 7.39. The number of carbonyl (C=O) groups is 1. The van der Waals surface area contributed by atoms with Crippen LogP contribution in [0.15, 0.2) is 81.7 Å². The van der Waals surface area contributed by atoms with Crippen LogP contribution in [0.25, 0.3) is 6.08 Å². The van der Waals surface area contributed by atoms with Crippen molar-refractivity contribution in [2.24, 2.45) is 4.99 Å². The minimum atomic E-state index is -0.847. The number of halogens is 2. The Kier molecular flexibility index (Phi) is 9.74. The van der Waals surface area contributed by atoms with Gasteiger partial charge in [0.1, 0.15) is 18.2 Å². The van der Waals surface area contributed by atoms with Gasteiger partial charge in [0, 0.05) is 16.1 Å². The van der Waals surface area contributed by atoms with Crippen molar-refractivity contribution in [3.05, 3.63) is 119 Å². The first-order chi connectivity index (χ1) is 21.6. The second kappa shape index (κ2) is 13.7. The Morgan fingerprint density at radius 1 is 1.11 bits per heavy atom. The summed E-state index contributed by atoms with van der Waals surface area (Å²) in [5.74, 6) is 0.453. The molecular weight excluding hydrogens is 619 g/mol. The summed E-state index contributed by atoms with van der Waals surface area (Å²) >= 11 is 7.50. The Labute approximate surface area is 268 Å². The number of carbonyl (C=O) groups excluding carboxylic acids is 1. The van der Waals surface area contributed by atoms with Crippen LogP contribution in [0, 0.1) is 5.82 Å². The molecule has 0 saturated carbocycles. The van der Waals surface area contributed by atoms with E-state index in [1.165, 1.54) is 29.1 Å². The second-order valence-corrected chi connectivity index (χ2v) is 11.9. The van der Waals surface area contributed by atoms with Gasteiger partial charge in [-0.05, 0) is 75.7 Å². The van der Waals surface area contributed by atoms with E-state index >= 15 is 0 Å². The lowest BCUT2D eigenvalue weighted by atomic mass is 9.95. The van der Waals surface area contributed by atoms with E-state index in [9.17, 15) is 14.0 Å². The zero-order valence-electron chi connectivity index (χ0n) is 25.4. The lowest BCUT2D eigenvalue weighted by Crippen LogP contribution is -2.40. The van der Waals surface area contributed by atoms with Gasteiger partial charge >= 0.3 is 5.97 Å². The Balaban J connectivity index is 1.64. The summed E-state index contributed by atoms with van der Waals surface area (Å²) in [6, 6.07) is 15.8. The highest BCUT2D eigenvalue weighted by atomic mass is 35.5. The third kappa shape index (κ3) is 6.82. The number of methoxy groups -OCH3 is 1. The van der Waals surface area contributed by atoms with E-state index in [0.717, 1.165) is 0 Å². The lowest BCUT2D eigenvalue weighted by molar-refractivity contribution is -0.139. The molecule has 45 heavy (non-hydrogen) atoms. The Hall–Kier alpha value is -4.41. The van der Waals surface area contributed by atoms with Crippen LogP contribution in [0.2, 0.25) is 5.02 Å². The molecular formula is C34H32ClFN2O6S. The highest BCUT2D eigenvalue weighted by Gasteiger charge is 2.34. The average Bonchev–Trinajstić information content (AvgIpc) is 3.30. The van der Waals surface area contributed by atoms with Crippen LogP contribution in [0.5, 0.6) is 17.2 Å². The molecule has 1 aliphatic rings. The summed E-state index contributed by atoms with van der Waals surface area (Å²) in [6.07, 6.45) is 1.57. The molecule has 0 N–H and O–H groups in total. The molecule has 3 aromatic carbocycles. The first-order valence-electron chi connectivity index (χ1n) is 14.3. The largest absolute Gasteiger partial charge is 0.493 e. The van der Waals surface area contributed by atoms with Gasteiger partial charge in [-0.3, -0.25) is 9.36 Å². The average molecular weight is 651 g/mol. The van der Waals surface area contributed by atoms with Crippen molar-refractivity contribution >= 4 is 35.0 Å². The van der Waals surface area contributed by atoms with Gasteiger partial charge < -0.3 is 18.9 Å². The molecule has 0 unspecified atom stereocenters. The van der Waals surface area contributed by atoms with Crippen molar-refractivity contribution in [2.45, 2.75) is 46.4 Å². The van der Waals surface area contributed by atoms with Crippen LogP contribution in [-0.4, -0.2) is 30.4 Å². The third-order valence-corrected chi connectivity index (χ3v) is 8.20. The first-order valence-corrected chi connectivity index (χ1v) is 15.5. The molecule has 11 heteroatoms. The molecule has 0 saturated heterocycles. The van der Waals surface area contributed by atoms with Gasteiger partial charge in [0.2, 0.25) is 0 Å². The zero-order valence-corrected chi connectivity index (χ0v) is 27.0. The fourth-order valence-corrected chi connectivity index (χ4v) is 6.21. The molecule has 0 spiro atoms. The van der Waals surface area contributed by atoms with Crippen molar-refractivity contribution in [2.75, 3.05) is 13.7 Å². The van der Waals surface area contributed by atoms with Crippen molar-refractivity contribution in [1.29, 1.82) is 0 Å². The van der Waals surface area contributed by atoms with Crippen LogP contribution in [-0.2, 0) is 16.1 Å². The predicted molar refractivity (Wildman–Crippen MR) is 171 cm³/mol. The number of hydrogen-bond donors (Lipinski definition) is 0. The molecule has 0 aliphatic carbocycles. The summed E-state index contributed by atoms with van der Waals surface area (Å²) < 4.78 is 38.9. The van der Waals surface area contributed by atoms with E-state index in [-0.39, 0.29) is 36.3 Å². The number of benzene rings is 3. The van der Waals surface area contributed by atoms with Crippen LogP contribution in [0.4, 0.5) is 4.39 Å². The summed E-state index contributed by atoms with van der Waals surface area (Å²) in [4.78, 5) is 32.5. The van der Waals surface area contributed by atoms with Gasteiger partial charge in [-0.25, -0.2) is 14.2 Å². The number of nitrogens with zero attached hydrogens (tertiary/aromatic N) is 2. The van der Waals surface area contributed by atoms with Crippen LogP contribution >= 0.6 is 22.9 Å². The highest BCUT2D eigenvalue weighted by Crippen LogP contribution is 2.36. The van der Waals surface area contributed by atoms with E-state index in [1.807, 2.05) is 13.8 Å². The Morgan fingerprint density at radius 2 is 1.87 bits per heavy atom. The maximum atomic E-state index is 14.2. The highest BCUT2D eigenvalue weighted by molar-refractivity contribution is 7.07. The maximum absolute atomic E-state index is 14.2. The van der Waals surface area contributed by atoms with E-state index in [0.29, 0.717) is 54.0 Å². The summed E-state index contributed by atoms with van der Waals surface area (Å²) in [5, 5.41) is 0.432. The third-order valence-electron chi connectivity index (χ3n) is 6.98. The zero-order chi connectivity index (χ0) is 32.2. The molecule has 0 fully saturated rings. The quantitative estimate of drug-likeness (QED) is 0.197. The van der Waals surface area contributed by atoms with E-state index in [4.69, 9.17) is 30.5 Å². The number of aromatic nitrogens is 1. The van der Waals surface area contributed by atoms with Crippen LogP contribution in [0.1, 0.15) is 50.4 Å². The molecule has 1 atom stereocenters. The Morgan fingerprint density at radius 3 is 2.58 bits per heavy atom. The number of thiazole rings is 1. The molecule has 4 aromatic rings. The molecule has 5 rings (SSSR count). The van der Waals surface area contributed by atoms with E-state index in [1.54, 1.807) is 74.5 Å². The van der Waals surface area contributed by atoms with Gasteiger partial charge in [0.25, 0.3) is 5.56 Å². The fourth-order valence-electron chi connectivity index (χ4n) is 4.99.